The Morgan fingerprint density at radius 2 is 1.67 bits per heavy atom. The van der Waals surface area contributed by atoms with Gasteiger partial charge in [-0.25, -0.2) is 0 Å². The summed E-state index contributed by atoms with van der Waals surface area (Å²) in [5, 5.41) is 0. The van der Waals surface area contributed by atoms with Gasteiger partial charge < -0.3 is 9.47 Å². The van der Waals surface area contributed by atoms with E-state index in [-0.39, 0.29) is 11.2 Å². The molecular formula is C21H32O3. The molecule has 4 saturated carbocycles. The molecule has 5 rings (SSSR count). The van der Waals surface area contributed by atoms with Gasteiger partial charge in [0.1, 0.15) is 5.78 Å². The molecule has 0 aromatic heterocycles. The summed E-state index contributed by atoms with van der Waals surface area (Å²) >= 11 is 0. The van der Waals surface area contributed by atoms with Crippen LogP contribution in [0.2, 0.25) is 0 Å². The highest BCUT2D eigenvalue weighted by molar-refractivity contribution is 5.79. The van der Waals surface area contributed by atoms with Crippen LogP contribution in [0, 0.1) is 34.5 Å². The molecule has 134 valence electrons. The zero-order valence-electron chi connectivity index (χ0n) is 15.3. The van der Waals surface area contributed by atoms with Crippen molar-refractivity contribution < 1.29 is 14.3 Å². The van der Waals surface area contributed by atoms with Gasteiger partial charge in [0.25, 0.3) is 0 Å². The molecule has 3 heteroatoms. The third-order valence-corrected chi connectivity index (χ3v) is 9.28. The van der Waals surface area contributed by atoms with Gasteiger partial charge in [-0.15, -0.1) is 0 Å². The summed E-state index contributed by atoms with van der Waals surface area (Å²) in [5.74, 6) is 3.29. The van der Waals surface area contributed by atoms with Crippen molar-refractivity contribution in [2.45, 2.75) is 77.4 Å². The lowest BCUT2D eigenvalue weighted by atomic mass is 9.45. The highest BCUT2D eigenvalue weighted by Crippen LogP contribution is 2.69. The molecule has 0 bridgehead atoms. The van der Waals surface area contributed by atoms with Crippen LogP contribution in [0.15, 0.2) is 0 Å². The molecule has 0 aromatic rings. The lowest BCUT2D eigenvalue weighted by Gasteiger charge is -2.60. The highest BCUT2D eigenvalue weighted by atomic mass is 16.7. The van der Waals surface area contributed by atoms with Crippen LogP contribution >= 0.6 is 0 Å². The van der Waals surface area contributed by atoms with Gasteiger partial charge in [-0.1, -0.05) is 13.8 Å². The van der Waals surface area contributed by atoms with E-state index in [0.717, 1.165) is 56.7 Å². The standard InChI is InChI=1S/C21H32O3/c1-19-8-5-15(22)13-14(19)3-4-16-17(19)6-9-20(2)18(16)7-10-21(20)23-11-12-24-21/h14,16-18H,3-13H2,1-2H3/t14-,16+,17-,18-,19+,20-/m1/s1. The van der Waals surface area contributed by atoms with E-state index in [1.54, 1.807) is 0 Å². The zero-order valence-corrected chi connectivity index (χ0v) is 15.3. The van der Waals surface area contributed by atoms with Crippen molar-refractivity contribution in [3.63, 3.8) is 0 Å². The van der Waals surface area contributed by atoms with E-state index in [1.165, 1.54) is 32.1 Å². The van der Waals surface area contributed by atoms with E-state index in [1.807, 2.05) is 0 Å². The van der Waals surface area contributed by atoms with Crippen LogP contribution in [0.1, 0.15) is 71.6 Å². The summed E-state index contributed by atoms with van der Waals surface area (Å²) in [5.41, 5.74) is 0.615. The average Bonchev–Trinajstić information content (AvgIpc) is 3.15. The number of carbonyl (C=O) groups excluding carboxylic acids is 1. The fourth-order valence-corrected chi connectivity index (χ4v) is 7.93. The van der Waals surface area contributed by atoms with Gasteiger partial charge >= 0.3 is 0 Å². The van der Waals surface area contributed by atoms with Crippen molar-refractivity contribution in [2.24, 2.45) is 34.5 Å². The summed E-state index contributed by atoms with van der Waals surface area (Å²) < 4.78 is 12.5. The molecule has 5 aliphatic rings. The zero-order chi connectivity index (χ0) is 16.6. The largest absolute Gasteiger partial charge is 0.347 e. The fourth-order valence-electron chi connectivity index (χ4n) is 7.93. The molecule has 0 N–H and O–H groups in total. The Kier molecular flexibility index (Phi) is 3.34. The lowest BCUT2D eigenvalue weighted by Crippen LogP contribution is -2.56. The molecule has 1 heterocycles. The van der Waals surface area contributed by atoms with Gasteiger partial charge in [0.15, 0.2) is 5.79 Å². The quantitative estimate of drug-likeness (QED) is 0.662. The Labute approximate surface area is 145 Å². The van der Waals surface area contributed by atoms with E-state index in [9.17, 15) is 4.79 Å². The van der Waals surface area contributed by atoms with Gasteiger partial charge in [0, 0.05) is 24.7 Å². The molecule has 6 atom stereocenters. The number of ether oxygens (including phenoxy) is 2. The Bertz CT molecular complexity index is 551. The van der Waals surface area contributed by atoms with Gasteiger partial charge in [-0.3, -0.25) is 4.79 Å². The molecule has 4 aliphatic carbocycles. The van der Waals surface area contributed by atoms with Crippen molar-refractivity contribution in [3.05, 3.63) is 0 Å². The molecule has 0 unspecified atom stereocenters. The summed E-state index contributed by atoms with van der Waals surface area (Å²) in [6, 6.07) is 0. The van der Waals surface area contributed by atoms with E-state index < -0.39 is 0 Å². The predicted octanol–water partition coefficient (Wildman–Crippen LogP) is 4.34. The molecule has 24 heavy (non-hydrogen) atoms. The fraction of sp³-hybridized carbons (Fsp3) is 0.952. The first-order chi connectivity index (χ1) is 11.5. The summed E-state index contributed by atoms with van der Waals surface area (Å²) in [4.78, 5) is 12.0. The first kappa shape index (κ1) is 15.8. The second kappa shape index (κ2) is 5.07. The minimum Gasteiger partial charge on any atom is -0.347 e. The van der Waals surface area contributed by atoms with Crippen LogP contribution in [0.5, 0.6) is 0 Å². The highest BCUT2D eigenvalue weighted by Gasteiger charge is 2.67. The molecule has 3 nitrogen and oxygen atoms in total. The SMILES string of the molecule is C[C@]12CCC(=O)C[C@H]1CC[C@H]1[C@H]2CC[C@]2(C)[C@@H]1CCC21OCCO1. The number of hydrogen-bond donors (Lipinski definition) is 0. The first-order valence-corrected chi connectivity index (χ1v) is 10.3. The summed E-state index contributed by atoms with van der Waals surface area (Å²) in [6.07, 6.45) is 10.3. The smallest absolute Gasteiger partial charge is 0.174 e. The number of ketones is 1. The second-order valence-corrected chi connectivity index (χ2v) is 9.84. The van der Waals surface area contributed by atoms with Gasteiger partial charge in [0.05, 0.1) is 13.2 Å². The minimum absolute atomic E-state index is 0.207. The predicted molar refractivity (Wildman–Crippen MR) is 91.4 cm³/mol. The third kappa shape index (κ3) is 1.84. The van der Waals surface area contributed by atoms with Gasteiger partial charge in [-0.2, -0.15) is 0 Å². The van der Waals surface area contributed by atoms with Crippen molar-refractivity contribution in [1.82, 2.24) is 0 Å². The molecule has 1 spiro atoms. The Balaban J connectivity index is 1.46. The molecule has 1 saturated heterocycles. The number of carbonyl (C=O) groups is 1. The van der Waals surface area contributed by atoms with Gasteiger partial charge in [0.2, 0.25) is 0 Å². The first-order valence-electron chi connectivity index (χ1n) is 10.3. The number of Topliss-reactive ketones (excluding diaryl/α,β-unsaturated/α-hetero) is 1. The number of rotatable bonds is 0. The van der Waals surface area contributed by atoms with Crippen LogP contribution < -0.4 is 0 Å². The monoisotopic (exact) mass is 332 g/mol. The Morgan fingerprint density at radius 3 is 2.46 bits per heavy atom. The maximum atomic E-state index is 12.0. The lowest BCUT2D eigenvalue weighted by molar-refractivity contribution is -0.246. The molecule has 0 aromatic carbocycles. The Hall–Kier alpha value is -0.410. The van der Waals surface area contributed by atoms with Crippen molar-refractivity contribution >= 4 is 5.78 Å². The van der Waals surface area contributed by atoms with Crippen LogP contribution in [-0.2, 0) is 14.3 Å². The van der Waals surface area contributed by atoms with Crippen molar-refractivity contribution in [3.8, 4) is 0 Å². The van der Waals surface area contributed by atoms with E-state index in [4.69, 9.17) is 9.47 Å². The Morgan fingerprint density at radius 1 is 0.917 bits per heavy atom. The summed E-state index contributed by atoms with van der Waals surface area (Å²) in [7, 11) is 0. The van der Waals surface area contributed by atoms with Crippen LogP contribution in [0.25, 0.3) is 0 Å². The maximum absolute atomic E-state index is 12.0. The number of hydrogen-bond acceptors (Lipinski definition) is 3. The normalized spacial score (nSPS) is 52.8. The van der Waals surface area contributed by atoms with Crippen molar-refractivity contribution in [2.75, 3.05) is 13.2 Å². The van der Waals surface area contributed by atoms with E-state index in [0.29, 0.717) is 17.1 Å². The molecule has 5 fully saturated rings. The molecular weight excluding hydrogens is 300 g/mol. The maximum Gasteiger partial charge on any atom is 0.174 e. The minimum atomic E-state index is -0.275. The number of fused-ring (bicyclic) bond motifs is 6. The third-order valence-electron chi connectivity index (χ3n) is 9.28. The van der Waals surface area contributed by atoms with Gasteiger partial charge in [-0.05, 0) is 67.6 Å². The van der Waals surface area contributed by atoms with Crippen molar-refractivity contribution in [1.29, 1.82) is 0 Å². The van der Waals surface area contributed by atoms with E-state index >= 15 is 0 Å². The topological polar surface area (TPSA) is 35.5 Å². The van der Waals surface area contributed by atoms with Crippen LogP contribution in [0.4, 0.5) is 0 Å². The second-order valence-electron chi connectivity index (χ2n) is 9.84. The average molecular weight is 332 g/mol. The van der Waals surface area contributed by atoms with Crippen LogP contribution in [-0.4, -0.2) is 24.8 Å². The van der Waals surface area contributed by atoms with E-state index in [2.05, 4.69) is 13.8 Å². The summed E-state index contributed by atoms with van der Waals surface area (Å²) in [6.45, 7) is 6.54. The molecule has 0 amide bonds. The van der Waals surface area contributed by atoms with Crippen LogP contribution in [0.3, 0.4) is 0 Å². The molecule has 0 radical (unpaired) electrons. The molecule has 1 aliphatic heterocycles.